The number of halogens is 1. The first kappa shape index (κ1) is 16.3. The maximum absolute atomic E-state index is 12.8. The molecule has 2 aliphatic rings. The lowest BCUT2D eigenvalue weighted by Gasteiger charge is -2.40. The molecule has 2 heterocycles. The van der Waals surface area contributed by atoms with Crippen LogP contribution in [0.2, 0.25) is 0 Å². The molecule has 0 saturated carbocycles. The van der Waals surface area contributed by atoms with Crippen molar-refractivity contribution in [3.63, 3.8) is 0 Å². The smallest absolute Gasteiger partial charge is 0.226 e. The van der Waals surface area contributed by atoms with E-state index >= 15 is 0 Å². The van der Waals surface area contributed by atoms with Crippen LogP contribution in [0.25, 0.3) is 0 Å². The lowest BCUT2D eigenvalue weighted by molar-refractivity contribution is -0.146. The fraction of sp³-hybridized carbons (Fsp3) is 0.562. The van der Waals surface area contributed by atoms with Gasteiger partial charge in [-0.1, -0.05) is 37.3 Å². The number of carbonyl (C=O) groups is 1. The predicted molar refractivity (Wildman–Crippen MR) is 84.5 cm³/mol. The van der Waals surface area contributed by atoms with Crippen LogP contribution in [0, 0.1) is 11.8 Å². The van der Waals surface area contributed by atoms with Crippen molar-refractivity contribution in [3.8, 4) is 0 Å². The van der Waals surface area contributed by atoms with E-state index in [1.807, 2.05) is 23.1 Å². The van der Waals surface area contributed by atoms with Crippen molar-refractivity contribution in [3.05, 3.63) is 35.9 Å². The van der Waals surface area contributed by atoms with Crippen LogP contribution in [-0.2, 0) is 9.53 Å². The Hall–Kier alpha value is -1.10. The molecule has 3 rings (SSSR count). The standard InChI is InChI=1S/C16H22N2O2.ClH/c1-12(14-9-17-10-14)16(19)18-7-8-20-11-15(18)13-5-3-2-4-6-13;/h2-6,12,14-15,17H,7-11H2,1H3;1H. The van der Waals surface area contributed by atoms with E-state index < -0.39 is 0 Å². The molecule has 1 amide bonds. The van der Waals surface area contributed by atoms with Crippen LogP contribution in [0.15, 0.2) is 30.3 Å². The maximum atomic E-state index is 12.8. The number of hydrogen-bond acceptors (Lipinski definition) is 3. The number of nitrogens with zero attached hydrogens (tertiary/aromatic N) is 1. The molecule has 2 unspecified atom stereocenters. The molecule has 21 heavy (non-hydrogen) atoms. The Morgan fingerprint density at radius 1 is 1.33 bits per heavy atom. The van der Waals surface area contributed by atoms with E-state index in [0.29, 0.717) is 25.7 Å². The van der Waals surface area contributed by atoms with Crippen molar-refractivity contribution in [2.24, 2.45) is 11.8 Å². The zero-order valence-corrected chi connectivity index (χ0v) is 13.1. The van der Waals surface area contributed by atoms with E-state index in [-0.39, 0.29) is 30.3 Å². The molecule has 2 atom stereocenters. The molecule has 0 radical (unpaired) electrons. The van der Waals surface area contributed by atoms with E-state index in [1.54, 1.807) is 0 Å². The van der Waals surface area contributed by atoms with E-state index in [4.69, 9.17) is 4.74 Å². The number of hydrogen-bond donors (Lipinski definition) is 1. The Kier molecular flexibility index (Phi) is 5.62. The van der Waals surface area contributed by atoms with Crippen molar-refractivity contribution < 1.29 is 9.53 Å². The van der Waals surface area contributed by atoms with Gasteiger partial charge in [0, 0.05) is 12.5 Å². The van der Waals surface area contributed by atoms with Crippen LogP contribution in [0.4, 0.5) is 0 Å². The molecule has 4 nitrogen and oxygen atoms in total. The minimum absolute atomic E-state index is 0. The Morgan fingerprint density at radius 2 is 2.05 bits per heavy atom. The summed E-state index contributed by atoms with van der Waals surface area (Å²) < 4.78 is 5.59. The molecule has 0 spiro atoms. The Balaban J connectivity index is 0.00000161. The first-order chi connectivity index (χ1) is 9.77. The third-order valence-corrected chi connectivity index (χ3v) is 4.51. The lowest BCUT2D eigenvalue weighted by atomic mass is 9.87. The van der Waals surface area contributed by atoms with E-state index in [9.17, 15) is 4.79 Å². The highest BCUT2D eigenvalue weighted by Gasteiger charge is 2.36. The second-order valence-electron chi connectivity index (χ2n) is 5.74. The number of nitrogens with one attached hydrogen (secondary N) is 1. The van der Waals surface area contributed by atoms with E-state index in [0.717, 1.165) is 13.1 Å². The second-order valence-corrected chi connectivity index (χ2v) is 5.74. The maximum Gasteiger partial charge on any atom is 0.226 e. The summed E-state index contributed by atoms with van der Waals surface area (Å²) >= 11 is 0. The number of amides is 1. The largest absolute Gasteiger partial charge is 0.377 e. The van der Waals surface area contributed by atoms with Gasteiger partial charge in [-0.25, -0.2) is 0 Å². The van der Waals surface area contributed by atoms with Crippen LogP contribution >= 0.6 is 12.4 Å². The molecule has 2 aliphatic heterocycles. The van der Waals surface area contributed by atoms with Gasteiger partial charge in [0.2, 0.25) is 5.91 Å². The number of carbonyl (C=O) groups excluding carboxylic acids is 1. The highest BCUT2D eigenvalue weighted by atomic mass is 35.5. The monoisotopic (exact) mass is 310 g/mol. The summed E-state index contributed by atoms with van der Waals surface area (Å²) in [6, 6.07) is 10.3. The minimum atomic E-state index is 0. The van der Waals surface area contributed by atoms with Gasteiger partial charge in [0.15, 0.2) is 0 Å². The zero-order chi connectivity index (χ0) is 13.9. The van der Waals surface area contributed by atoms with Gasteiger partial charge < -0.3 is 15.0 Å². The van der Waals surface area contributed by atoms with Crippen LogP contribution in [-0.4, -0.2) is 43.7 Å². The molecule has 2 fully saturated rings. The molecule has 1 N–H and O–H groups in total. The molecule has 116 valence electrons. The summed E-state index contributed by atoms with van der Waals surface area (Å²) in [5, 5.41) is 3.25. The van der Waals surface area contributed by atoms with Crippen LogP contribution in [0.3, 0.4) is 0 Å². The molecule has 1 aromatic carbocycles. The topological polar surface area (TPSA) is 41.6 Å². The van der Waals surface area contributed by atoms with Crippen LogP contribution in [0.1, 0.15) is 18.5 Å². The van der Waals surface area contributed by atoms with Crippen molar-refractivity contribution in [1.29, 1.82) is 0 Å². The lowest BCUT2D eigenvalue weighted by Crippen LogP contribution is -2.52. The summed E-state index contributed by atoms with van der Waals surface area (Å²) in [5.74, 6) is 0.857. The van der Waals surface area contributed by atoms with E-state index in [2.05, 4.69) is 24.4 Å². The third kappa shape index (κ3) is 3.39. The molecule has 0 aliphatic carbocycles. The van der Waals surface area contributed by atoms with Crippen molar-refractivity contribution in [2.75, 3.05) is 32.8 Å². The number of ether oxygens (including phenoxy) is 1. The highest BCUT2D eigenvalue weighted by molar-refractivity contribution is 5.85. The summed E-state index contributed by atoms with van der Waals surface area (Å²) in [4.78, 5) is 14.8. The molecule has 1 aromatic rings. The summed E-state index contributed by atoms with van der Waals surface area (Å²) in [6.45, 7) is 5.94. The zero-order valence-electron chi connectivity index (χ0n) is 12.3. The summed E-state index contributed by atoms with van der Waals surface area (Å²) in [6.07, 6.45) is 0. The molecule has 0 aromatic heterocycles. The molecule has 2 saturated heterocycles. The van der Waals surface area contributed by atoms with Crippen molar-refractivity contribution >= 4 is 18.3 Å². The number of benzene rings is 1. The minimum Gasteiger partial charge on any atom is -0.377 e. The van der Waals surface area contributed by atoms with Gasteiger partial charge in [-0.05, 0) is 24.6 Å². The van der Waals surface area contributed by atoms with Gasteiger partial charge in [0.1, 0.15) is 0 Å². The first-order valence-corrected chi connectivity index (χ1v) is 7.41. The van der Waals surface area contributed by atoms with Crippen LogP contribution in [0.5, 0.6) is 0 Å². The average Bonchev–Trinajstić information content (AvgIpc) is 2.45. The Morgan fingerprint density at radius 3 is 2.67 bits per heavy atom. The number of morpholine rings is 1. The Bertz CT molecular complexity index is 465. The predicted octanol–water partition coefficient (Wildman–Crippen LogP) is 1.86. The van der Waals surface area contributed by atoms with Crippen molar-refractivity contribution in [1.82, 2.24) is 10.2 Å². The molecule has 0 bridgehead atoms. The van der Waals surface area contributed by atoms with E-state index in [1.165, 1.54) is 5.56 Å². The molecular formula is C16H23ClN2O2. The third-order valence-electron chi connectivity index (χ3n) is 4.51. The van der Waals surface area contributed by atoms with Gasteiger partial charge >= 0.3 is 0 Å². The normalized spacial score (nSPS) is 23.9. The number of rotatable bonds is 3. The van der Waals surface area contributed by atoms with Crippen LogP contribution < -0.4 is 5.32 Å². The molecular weight excluding hydrogens is 288 g/mol. The summed E-state index contributed by atoms with van der Waals surface area (Å²) in [5.41, 5.74) is 1.17. The quantitative estimate of drug-likeness (QED) is 0.926. The fourth-order valence-electron chi connectivity index (χ4n) is 2.95. The molecule has 5 heteroatoms. The second kappa shape index (κ2) is 7.25. The van der Waals surface area contributed by atoms with Gasteiger partial charge in [-0.15, -0.1) is 12.4 Å². The van der Waals surface area contributed by atoms with Gasteiger partial charge in [0.25, 0.3) is 0 Å². The fourth-order valence-corrected chi connectivity index (χ4v) is 2.95. The SMILES string of the molecule is CC(C(=O)N1CCOCC1c1ccccc1)C1CNC1.Cl. The van der Waals surface area contributed by atoms with Crippen molar-refractivity contribution in [2.45, 2.75) is 13.0 Å². The van der Waals surface area contributed by atoms with Gasteiger partial charge in [-0.2, -0.15) is 0 Å². The highest BCUT2D eigenvalue weighted by Crippen LogP contribution is 2.28. The Labute approximate surface area is 132 Å². The average molecular weight is 311 g/mol. The summed E-state index contributed by atoms with van der Waals surface area (Å²) in [7, 11) is 0. The van der Waals surface area contributed by atoms with Gasteiger partial charge in [0.05, 0.1) is 19.3 Å². The van der Waals surface area contributed by atoms with Gasteiger partial charge in [-0.3, -0.25) is 4.79 Å². The first-order valence-electron chi connectivity index (χ1n) is 7.41.